The Morgan fingerprint density at radius 3 is 1.05 bits per heavy atom. The standard InChI is InChI=1S/C52H90O6/c1-4-7-10-13-16-18-19-20-21-22-23-24-25-26-27-28-29-30-31-32-33-35-36-39-42-45-51(54)57-48-49(47-56-50(53)44-41-38-15-12-9-6-3)58-52(55)46-43-40-37-34-17-14-11-8-5-2/h7,10,16,18,20-21,23-24,26-27,49H,4-6,8-9,11-15,17,19,22,25,28-48H2,1-3H3/b10-7-,18-16-,21-20-,24-23-,27-26-. The van der Waals surface area contributed by atoms with E-state index in [1.54, 1.807) is 0 Å². The van der Waals surface area contributed by atoms with E-state index in [-0.39, 0.29) is 31.1 Å². The zero-order valence-corrected chi connectivity index (χ0v) is 38.0. The van der Waals surface area contributed by atoms with Crippen LogP contribution in [0.15, 0.2) is 60.8 Å². The molecule has 0 N–H and O–H groups in total. The minimum Gasteiger partial charge on any atom is -0.462 e. The minimum absolute atomic E-state index is 0.0746. The first-order chi connectivity index (χ1) is 28.5. The highest BCUT2D eigenvalue weighted by Crippen LogP contribution is 2.14. The maximum absolute atomic E-state index is 12.6. The Balaban J connectivity index is 4.09. The fourth-order valence-corrected chi connectivity index (χ4v) is 6.64. The van der Waals surface area contributed by atoms with Crippen LogP contribution in [-0.2, 0) is 28.6 Å². The summed E-state index contributed by atoms with van der Waals surface area (Å²) >= 11 is 0. The first kappa shape index (κ1) is 55.1. The van der Waals surface area contributed by atoms with Crippen LogP contribution in [-0.4, -0.2) is 37.2 Å². The predicted molar refractivity (Wildman–Crippen MR) is 247 cm³/mol. The maximum atomic E-state index is 12.6. The third kappa shape index (κ3) is 44.2. The van der Waals surface area contributed by atoms with Gasteiger partial charge in [0.1, 0.15) is 13.2 Å². The molecule has 1 atom stereocenters. The zero-order valence-electron chi connectivity index (χ0n) is 38.0. The van der Waals surface area contributed by atoms with Crippen molar-refractivity contribution in [3.8, 4) is 0 Å². The van der Waals surface area contributed by atoms with E-state index in [9.17, 15) is 14.4 Å². The first-order valence-corrected chi connectivity index (χ1v) is 24.3. The molecule has 0 aliphatic carbocycles. The van der Waals surface area contributed by atoms with E-state index in [0.29, 0.717) is 19.3 Å². The number of carbonyl (C=O) groups excluding carboxylic acids is 3. The van der Waals surface area contributed by atoms with Gasteiger partial charge in [-0.25, -0.2) is 0 Å². The smallest absolute Gasteiger partial charge is 0.306 e. The predicted octanol–water partition coefficient (Wildman–Crippen LogP) is 15.7. The number of ether oxygens (including phenoxy) is 3. The van der Waals surface area contributed by atoms with Crippen LogP contribution < -0.4 is 0 Å². The molecule has 0 heterocycles. The Kier molecular flexibility index (Phi) is 44.5. The van der Waals surface area contributed by atoms with Gasteiger partial charge in [-0.2, -0.15) is 0 Å². The number of hydrogen-bond acceptors (Lipinski definition) is 6. The second kappa shape index (κ2) is 46.8. The van der Waals surface area contributed by atoms with Crippen LogP contribution in [0.4, 0.5) is 0 Å². The van der Waals surface area contributed by atoms with Crippen LogP contribution in [0.3, 0.4) is 0 Å². The number of allylic oxidation sites excluding steroid dienone is 10. The maximum Gasteiger partial charge on any atom is 0.306 e. The van der Waals surface area contributed by atoms with Crippen LogP contribution in [0, 0.1) is 0 Å². The van der Waals surface area contributed by atoms with Gasteiger partial charge in [-0.05, 0) is 64.2 Å². The van der Waals surface area contributed by atoms with Gasteiger partial charge in [-0.3, -0.25) is 14.4 Å². The number of carbonyl (C=O) groups is 3. The van der Waals surface area contributed by atoms with Gasteiger partial charge in [0.15, 0.2) is 6.10 Å². The van der Waals surface area contributed by atoms with E-state index in [4.69, 9.17) is 14.2 Å². The van der Waals surface area contributed by atoms with Gasteiger partial charge in [0, 0.05) is 19.3 Å². The van der Waals surface area contributed by atoms with Crippen molar-refractivity contribution < 1.29 is 28.6 Å². The SMILES string of the molecule is CC/C=C\C/C=C\C/C=C\C/C=C\C/C=C\CCCCCCCCCCCC(=O)OCC(COC(=O)CCCCCCCC)OC(=O)CCCCCCCCCCC. The summed E-state index contributed by atoms with van der Waals surface area (Å²) in [6.45, 7) is 6.43. The van der Waals surface area contributed by atoms with Crippen molar-refractivity contribution in [2.75, 3.05) is 13.2 Å². The van der Waals surface area contributed by atoms with E-state index in [1.807, 2.05) is 0 Å². The summed E-state index contributed by atoms with van der Waals surface area (Å²) in [4.78, 5) is 37.5. The normalized spacial score (nSPS) is 12.5. The fraction of sp³-hybridized carbons (Fsp3) is 0.750. The van der Waals surface area contributed by atoms with Gasteiger partial charge < -0.3 is 14.2 Å². The summed E-state index contributed by atoms with van der Waals surface area (Å²) in [7, 11) is 0. The van der Waals surface area contributed by atoms with Crippen molar-refractivity contribution in [2.45, 2.75) is 239 Å². The van der Waals surface area contributed by atoms with Gasteiger partial charge >= 0.3 is 17.9 Å². The van der Waals surface area contributed by atoms with Gasteiger partial charge in [0.25, 0.3) is 0 Å². The molecule has 0 spiro atoms. The summed E-state index contributed by atoms with van der Waals surface area (Å²) in [5, 5.41) is 0. The highest BCUT2D eigenvalue weighted by atomic mass is 16.6. The fourth-order valence-electron chi connectivity index (χ4n) is 6.64. The largest absolute Gasteiger partial charge is 0.462 e. The van der Waals surface area contributed by atoms with Crippen LogP contribution in [0.1, 0.15) is 233 Å². The molecular formula is C52H90O6. The summed E-state index contributed by atoms with van der Waals surface area (Å²) in [5.74, 6) is -0.893. The molecule has 6 nitrogen and oxygen atoms in total. The van der Waals surface area contributed by atoms with Gasteiger partial charge in [-0.15, -0.1) is 0 Å². The lowest BCUT2D eigenvalue weighted by molar-refractivity contribution is -0.167. The molecular weight excluding hydrogens is 721 g/mol. The van der Waals surface area contributed by atoms with Crippen LogP contribution >= 0.6 is 0 Å². The number of hydrogen-bond donors (Lipinski definition) is 0. The molecule has 0 aliphatic heterocycles. The summed E-state index contributed by atoms with van der Waals surface area (Å²) < 4.78 is 16.6. The molecule has 0 fully saturated rings. The zero-order chi connectivity index (χ0) is 42.3. The molecule has 0 amide bonds. The molecule has 0 rings (SSSR count). The third-order valence-corrected chi connectivity index (χ3v) is 10.3. The van der Waals surface area contributed by atoms with E-state index in [2.05, 4.69) is 81.5 Å². The number of esters is 3. The van der Waals surface area contributed by atoms with Crippen molar-refractivity contribution >= 4 is 17.9 Å². The lowest BCUT2D eigenvalue weighted by atomic mass is 10.1. The number of unbranched alkanes of at least 4 members (excludes halogenated alkanes) is 22. The molecule has 0 aromatic rings. The Bertz CT molecular complexity index is 1070. The molecule has 0 bridgehead atoms. The average molecular weight is 811 g/mol. The van der Waals surface area contributed by atoms with Crippen LogP contribution in [0.5, 0.6) is 0 Å². The van der Waals surface area contributed by atoms with Crippen molar-refractivity contribution in [2.24, 2.45) is 0 Å². The molecule has 0 saturated carbocycles. The molecule has 1 unspecified atom stereocenters. The quantitative estimate of drug-likeness (QED) is 0.0264. The molecule has 334 valence electrons. The first-order valence-electron chi connectivity index (χ1n) is 24.3. The lowest BCUT2D eigenvalue weighted by Gasteiger charge is -2.18. The van der Waals surface area contributed by atoms with Gasteiger partial charge in [-0.1, -0.05) is 210 Å². The van der Waals surface area contributed by atoms with Gasteiger partial charge in [0.05, 0.1) is 0 Å². The van der Waals surface area contributed by atoms with Gasteiger partial charge in [0.2, 0.25) is 0 Å². The molecule has 58 heavy (non-hydrogen) atoms. The third-order valence-electron chi connectivity index (χ3n) is 10.3. The topological polar surface area (TPSA) is 78.9 Å². The summed E-state index contributed by atoms with van der Waals surface area (Å²) in [6, 6.07) is 0. The second-order valence-electron chi connectivity index (χ2n) is 16.0. The van der Waals surface area contributed by atoms with E-state index in [0.717, 1.165) is 96.3 Å². The molecule has 0 saturated heterocycles. The molecule has 0 radical (unpaired) electrons. The molecule has 6 heteroatoms. The summed E-state index contributed by atoms with van der Waals surface area (Å²) in [6.07, 6.45) is 56.7. The Labute approximate surface area is 358 Å². The average Bonchev–Trinajstić information content (AvgIpc) is 3.22. The Hall–Kier alpha value is -2.89. The Morgan fingerprint density at radius 2 is 0.672 bits per heavy atom. The highest BCUT2D eigenvalue weighted by molar-refractivity contribution is 5.71. The molecule has 0 aromatic carbocycles. The van der Waals surface area contributed by atoms with E-state index < -0.39 is 6.10 Å². The van der Waals surface area contributed by atoms with E-state index in [1.165, 1.54) is 96.3 Å². The van der Waals surface area contributed by atoms with Crippen molar-refractivity contribution in [1.82, 2.24) is 0 Å². The molecule has 0 aromatic heterocycles. The lowest BCUT2D eigenvalue weighted by Crippen LogP contribution is -2.30. The second-order valence-corrected chi connectivity index (χ2v) is 16.0. The number of rotatable bonds is 43. The van der Waals surface area contributed by atoms with E-state index >= 15 is 0 Å². The van der Waals surface area contributed by atoms with Crippen LogP contribution in [0.25, 0.3) is 0 Å². The Morgan fingerprint density at radius 1 is 0.362 bits per heavy atom. The van der Waals surface area contributed by atoms with Crippen molar-refractivity contribution in [3.63, 3.8) is 0 Å². The molecule has 0 aliphatic rings. The van der Waals surface area contributed by atoms with Crippen molar-refractivity contribution in [1.29, 1.82) is 0 Å². The van der Waals surface area contributed by atoms with Crippen LogP contribution in [0.2, 0.25) is 0 Å². The van der Waals surface area contributed by atoms with Crippen molar-refractivity contribution in [3.05, 3.63) is 60.8 Å². The monoisotopic (exact) mass is 811 g/mol. The summed E-state index contributed by atoms with van der Waals surface area (Å²) in [5.41, 5.74) is 0. The highest BCUT2D eigenvalue weighted by Gasteiger charge is 2.19. The minimum atomic E-state index is -0.768.